The van der Waals surface area contributed by atoms with E-state index in [0.717, 1.165) is 5.56 Å². The van der Waals surface area contributed by atoms with Crippen LogP contribution in [-0.2, 0) is 11.3 Å². The van der Waals surface area contributed by atoms with Gasteiger partial charge in [-0.15, -0.1) is 0 Å². The molecule has 0 fully saturated rings. The first-order valence-corrected chi connectivity index (χ1v) is 12.1. The molecule has 0 radical (unpaired) electrons. The van der Waals surface area contributed by atoms with E-state index in [2.05, 4.69) is 0 Å². The zero-order chi connectivity index (χ0) is 26.1. The Morgan fingerprint density at radius 2 is 1.89 bits per heavy atom. The Morgan fingerprint density at radius 1 is 1.08 bits per heavy atom. The van der Waals surface area contributed by atoms with E-state index in [0.29, 0.717) is 39.7 Å². The number of para-hydroxylation sites is 1. The second-order valence-corrected chi connectivity index (χ2v) is 8.97. The molecule has 37 heavy (non-hydrogen) atoms. The van der Waals surface area contributed by atoms with Gasteiger partial charge in [-0.1, -0.05) is 41.9 Å². The van der Waals surface area contributed by atoms with Gasteiger partial charge in [-0.05, 0) is 55.0 Å². The lowest BCUT2D eigenvalue weighted by molar-refractivity contribution is -0.130. The number of rotatable bonds is 8. The standard InChI is InChI=1S/C29H24ClNO6/c1-3-36-21-9-6-8-17(14-21)26-25(27(32)24-15-19-13-20(30)11-12-23(19)37-24)28(33)29(34)31(26)16-18-7-4-5-10-22(18)35-2/h4-15,26,33H,3,16H2,1-2H3. The molecular formula is C29H24ClNO6. The fraction of sp³-hybridized carbons (Fsp3) is 0.172. The minimum absolute atomic E-state index is 0.00304. The van der Waals surface area contributed by atoms with Gasteiger partial charge in [-0.3, -0.25) is 9.59 Å². The molecule has 0 aliphatic carbocycles. The van der Waals surface area contributed by atoms with Crippen molar-refractivity contribution in [1.82, 2.24) is 4.90 Å². The molecule has 1 atom stereocenters. The summed E-state index contributed by atoms with van der Waals surface area (Å²) in [4.78, 5) is 28.7. The monoisotopic (exact) mass is 517 g/mol. The number of aliphatic hydroxyl groups excluding tert-OH is 1. The van der Waals surface area contributed by atoms with Crippen molar-refractivity contribution in [3.8, 4) is 11.5 Å². The van der Waals surface area contributed by atoms with Crippen molar-refractivity contribution in [1.29, 1.82) is 0 Å². The fourth-order valence-electron chi connectivity index (χ4n) is 4.61. The van der Waals surface area contributed by atoms with Gasteiger partial charge in [0.1, 0.15) is 17.1 Å². The topological polar surface area (TPSA) is 89.2 Å². The number of benzene rings is 3. The van der Waals surface area contributed by atoms with Gasteiger partial charge >= 0.3 is 0 Å². The Kier molecular flexibility index (Phi) is 6.63. The van der Waals surface area contributed by atoms with E-state index in [-0.39, 0.29) is 17.9 Å². The number of nitrogens with zero attached hydrogens (tertiary/aromatic N) is 1. The second-order valence-electron chi connectivity index (χ2n) is 8.54. The minimum atomic E-state index is -0.887. The van der Waals surface area contributed by atoms with Crippen LogP contribution in [0.4, 0.5) is 0 Å². The fourth-order valence-corrected chi connectivity index (χ4v) is 4.79. The molecule has 5 rings (SSSR count). The van der Waals surface area contributed by atoms with Crippen LogP contribution in [0.1, 0.15) is 34.6 Å². The number of ketones is 1. The zero-order valence-corrected chi connectivity index (χ0v) is 21.0. The number of ether oxygens (including phenoxy) is 2. The van der Waals surface area contributed by atoms with Gasteiger partial charge in [-0.2, -0.15) is 0 Å². The number of amides is 1. The van der Waals surface area contributed by atoms with Gasteiger partial charge in [-0.25, -0.2) is 0 Å². The van der Waals surface area contributed by atoms with Crippen LogP contribution in [0.25, 0.3) is 11.0 Å². The van der Waals surface area contributed by atoms with E-state index in [1.165, 1.54) is 4.90 Å². The second kappa shape index (κ2) is 10.0. The molecule has 4 aromatic rings. The van der Waals surface area contributed by atoms with E-state index in [1.807, 2.05) is 25.1 Å². The lowest BCUT2D eigenvalue weighted by Gasteiger charge is -2.27. The van der Waals surface area contributed by atoms with Crippen molar-refractivity contribution in [2.24, 2.45) is 0 Å². The summed E-state index contributed by atoms with van der Waals surface area (Å²) in [5, 5.41) is 12.2. The quantitative estimate of drug-likeness (QED) is 0.277. The number of halogens is 1. The van der Waals surface area contributed by atoms with Crippen LogP contribution in [0.2, 0.25) is 5.02 Å². The molecule has 1 aliphatic rings. The summed E-state index contributed by atoms with van der Waals surface area (Å²) in [5.74, 6) is -0.707. The third kappa shape index (κ3) is 4.54. The Balaban J connectivity index is 1.61. The van der Waals surface area contributed by atoms with Crippen LogP contribution in [0, 0.1) is 0 Å². The highest BCUT2D eigenvalue weighted by Crippen LogP contribution is 2.42. The lowest BCUT2D eigenvalue weighted by atomic mass is 9.94. The van der Waals surface area contributed by atoms with Gasteiger partial charge in [0, 0.05) is 16.0 Å². The first-order valence-electron chi connectivity index (χ1n) is 11.7. The number of Topliss-reactive ketones (excluding diaryl/α,β-unsaturated/α-hetero) is 1. The van der Waals surface area contributed by atoms with Crippen LogP contribution in [0.5, 0.6) is 11.5 Å². The highest BCUT2D eigenvalue weighted by Gasteiger charge is 2.45. The molecule has 1 amide bonds. The van der Waals surface area contributed by atoms with Crippen LogP contribution >= 0.6 is 11.6 Å². The van der Waals surface area contributed by atoms with Crippen molar-refractivity contribution in [3.05, 3.63) is 106 Å². The van der Waals surface area contributed by atoms with Crippen LogP contribution in [0.15, 0.2) is 88.5 Å². The maximum Gasteiger partial charge on any atom is 0.290 e. The summed E-state index contributed by atoms with van der Waals surface area (Å²) in [6.07, 6.45) is 0. The van der Waals surface area contributed by atoms with Crippen molar-refractivity contribution in [2.75, 3.05) is 13.7 Å². The normalized spacial score (nSPS) is 15.5. The van der Waals surface area contributed by atoms with Crippen LogP contribution < -0.4 is 9.47 Å². The van der Waals surface area contributed by atoms with Gasteiger partial charge in [0.05, 0.1) is 31.9 Å². The molecule has 0 saturated heterocycles. The molecule has 188 valence electrons. The Morgan fingerprint density at radius 3 is 2.68 bits per heavy atom. The van der Waals surface area contributed by atoms with Crippen LogP contribution in [-0.4, -0.2) is 35.4 Å². The SMILES string of the molecule is CCOc1cccc(C2C(C(=O)c3cc4cc(Cl)ccc4o3)=C(O)C(=O)N2Cc2ccccc2OC)c1. The Labute approximate surface area is 218 Å². The van der Waals surface area contributed by atoms with Gasteiger partial charge in [0.25, 0.3) is 5.91 Å². The summed E-state index contributed by atoms with van der Waals surface area (Å²) in [5.41, 5.74) is 1.74. The highest BCUT2D eigenvalue weighted by molar-refractivity contribution is 6.31. The van der Waals surface area contributed by atoms with Crippen molar-refractivity contribution < 1.29 is 28.6 Å². The molecule has 2 heterocycles. The van der Waals surface area contributed by atoms with Crippen molar-refractivity contribution in [3.63, 3.8) is 0 Å². The summed E-state index contributed by atoms with van der Waals surface area (Å²) in [6.45, 7) is 2.42. The number of methoxy groups -OCH3 is 1. The van der Waals surface area contributed by atoms with E-state index >= 15 is 0 Å². The smallest absolute Gasteiger partial charge is 0.290 e. The number of furan rings is 1. The predicted molar refractivity (Wildman–Crippen MR) is 139 cm³/mol. The lowest BCUT2D eigenvalue weighted by Crippen LogP contribution is -2.31. The molecule has 0 saturated carbocycles. The van der Waals surface area contributed by atoms with Crippen molar-refractivity contribution in [2.45, 2.75) is 19.5 Å². The van der Waals surface area contributed by atoms with E-state index in [9.17, 15) is 14.7 Å². The molecule has 1 aromatic heterocycles. The minimum Gasteiger partial charge on any atom is -0.503 e. The summed E-state index contributed by atoms with van der Waals surface area (Å²) in [7, 11) is 1.55. The first-order chi connectivity index (χ1) is 17.9. The predicted octanol–water partition coefficient (Wildman–Crippen LogP) is 6.27. The molecule has 1 N–H and O–H groups in total. The molecule has 7 nitrogen and oxygen atoms in total. The van der Waals surface area contributed by atoms with E-state index < -0.39 is 23.5 Å². The first kappa shape index (κ1) is 24.5. The zero-order valence-electron chi connectivity index (χ0n) is 20.2. The maximum absolute atomic E-state index is 13.8. The Hall–Kier alpha value is -4.23. The number of fused-ring (bicyclic) bond motifs is 1. The summed E-state index contributed by atoms with van der Waals surface area (Å²) < 4.78 is 16.9. The van der Waals surface area contributed by atoms with Gasteiger partial charge < -0.3 is 23.9 Å². The summed E-state index contributed by atoms with van der Waals surface area (Å²) in [6, 6.07) is 20.1. The third-order valence-corrected chi connectivity index (χ3v) is 6.50. The van der Waals surface area contributed by atoms with Gasteiger partial charge in [0.2, 0.25) is 5.78 Å². The number of aliphatic hydroxyl groups is 1. The molecule has 0 spiro atoms. The molecule has 8 heteroatoms. The number of carbonyl (C=O) groups is 2. The number of hydrogen-bond donors (Lipinski definition) is 1. The van der Waals surface area contributed by atoms with E-state index in [1.54, 1.807) is 61.7 Å². The highest BCUT2D eigenvalue weighted by atomic mass is 35.5. The van der Waals surface area contributed by atoms with Crippen molar-refractivity contribution >= 4 is 34.3 Å². The maximum atomic E-state index is 13.8. The van der Waals surface area contributed by atoms with Crippen LogP contribution in [0.3, 0.4) is 0 Å². The van der Waals surface area contributed by atoms with E-state index in [4.69, 9.17) is 25.5 Å². The average Bonchev–Trinajstić information content (AvgIpc) is 3.43. The van der Waals surface area contributed by atoms with Gasteiger partial charge in [0.15, 0.2) is 11.5 Å². The summed E-state index contributed by atoms with van der Waals surface area (Å²) >= 11 is 6.09. The number of hydrogen-bond acceptors (Lipinski definition) is 6. The molecule has 3 aromatic carbocycles. The largest absolute Gasteiger partial charge is 0.503 e. The third-order valence-electron chi connectivity index (χ3n) is 6.27. The molecule has 1 aliphatic heterocycles. The molecule has 0 bridgehead atoms. The molecular weight excluding hydrogens is 494 g/mol. The average molecular weight is 518 g/mol. The molecule has 1 unspecified atom stereocenters. The number of carbonyl (C=O) groups excluding carboxylic acids is 2. The Bertz CT molecular complexity index is 1540.